The first-order chi connectivity index (χ1) is 12.5. The summed E-state index contributed by atoms with van der Waals surface area (Å²) < 4.78 is 42.5. The third-order valence-corrected chi connectivity index (χ3v) is 5.70. The molecule has 1 saturated heterocycles. The molecule has 3 heterocycles. The number of piperidine rings is 1. The van der Waals surface area contributed by atoms with E-state index in [0.717, 1.165) is 44.5 Å². The fourth-order valence-electron chi connectivity index (χ4n) is 3.46. The maximum absolute atomic E-state index is 13.9. The molecule has 1 aromatic carbocycles. The van der Waals surface area contributed by atoms with Gasteiger partial charge < -0.3 is 5.11 Å². The van der Waals surface area contributed by atoms with Crippen LogP contribution >= 0.6 is 11.3 Å². The van der Waals surface area contributed by atoms with Gasteiger partial charge in [-0.2, -0.15) is 4.52 Å². The lowest BCUT2D eigenvalue weighted by Gasteiger charge is -2.34. The van der Waals surface area contributed by atoms with E-state index in [9.17, 15) is 18.3 Å². The molecule has 4 rings (SSSR count). The molecule has 1 fully saturated rings. The van der Waals surface area contributed by atoms with Crippen molar-refractivity contribution in [1.29, 1.82) is 0 Å². The molecule has 1 atom stereocenters. The van der Waals surface area contributed by atoms with Gasteiger partial charge in [-0.25, -0.2) is 18.2 Å². The number of nitrogens with zero attached hydrogens (tertiary/aromatic N) is 4. The Morgan fingerprint density at radius 1 is 1.12 bits per heavy atom. The number of likely N-dealkylation sites (tertiary alicyclic amines) is 1. The molecule has 0 saturated carbocycles. The van der Waals surface area contributed by atoms with E-state index in [0.29, 0.717) is 15.7 Å². The zero-order valence-electron chi connectivity index (χ0n) is 14.0. The number of aromatic hydroxyl groups is 1. The van der Waals surface area contributed by atoms with Gasteiger partial charge >= 0.3 is 0 Å². The van der Waals surface area contributed by atoms with Gasteiger partial charge in [0.25, 0.3) is 0 Å². The van der Waals surface area contributed by atoms with Gasteiger partial charge in [0.1, 0.15) is 5.82 Å². The van der Waals surface area contributed by atoms with E-state index in [-0.39, 0.29) is 11.4 Å². The highest BCUT2D eigenvalue weighted by Gasteiger charge is 2.31. The van der Waals surface area contributed by atoms with Crippen LogP contribution in [0.2, 0.25) is 0 Å². The molecular weight excluding hydrogens is 365 g/mol. The molecule has 5 nitrogen and oxygen atoms in total. The third-order valence-electron chi connectivity index (χ3n) is 4.63. The van der Waals surface area contributed by atoms with E-state index in [4.69, 9.17) is 0 Å². The van der Waals surface area contributed by atoms with Gasteiger partial charge in [0.15, 0.2) is 17.5 Å². The van der Waals surface area contributed by atoms with Gasteiger partial charge in [-0.15, -0.1) is 5.10 Å². The Balaban J connectivity index is 1.87. The van der Waals surface area contributed by atoms with Crippen LogP contribution in [0.15, 0.2) is 12.1 Å². The Bertz CT molecular complexity index is 941. The quantitative estimate of drug-likeness (QED) is 0.700. The molecule has 0 spiro atoms. The van der Waals surface area contributed by atoms with Crippen LogP contribution in [-0.2, 0) is 0 Å². The summed E-state index contributed by atoms with van der Waals surface area (Å²) in [6, 6.07) is 1.41. The number of rotatable bonds is 3. The molecule has 0 amide bonds. The number of hydrogen-bond donors (Lipinski definition) is 1. The number of hydrogen-bond acceptors (Lipinski definition) is 5. The molecule has 0 unspecified atom stereocenters. The van der Waals surface area contributed by atoms with E-state index < -0.39 is 23.5 Å². The second-order valence-electron chi connectivity index (χ2n) is 6.44. The van der Waals surface area contributed by atoms with E-state index in [1.54, 1.807) is 6.92 Å². The lowest BCUT2D eigenvalue weighted by atomic mass is 10.00. The Hall–Kier alpha value is -2.13. The Morgan fingerprint density at radius 2 is 1.77 bits per heavy atom. The maximum Gasteiger partial charge on any atom is 0.230 e. The van der Waals surface area contributed by atoms with Crippen LogP contribution in [0.1, 0.15) is 41.6 Å². The lowest BCUT2D eigenvalue weighted by molar-refractivity contribution is 0.186. The molecule has 1 N–H and O–H groups in total. The SMILES string of the molecule is Cc1nc2sc([C@@H](c3cc(F)c(F)c(F)c3)N3CCCCC3)c(O)n2n1. The Labute approximate surface area is 151 Å². The molecule has 1 aliphatic rings. The monoisotopic (exact) mass is 382 g/mol. The smallest absolute Gasteiger partial charge is 0.230 e. The summed E-state index contributed by atoms with van der Waals surface area (Å²) in [4.78, 5) is 7.29. The molecule has 0 radical (unpaired) electrons. The second-order valence-corrected chi connectivity index (χ2v) is 7.45. The topological polar surface area (TPSA) is 53.7 Å². The summed E-state index contributed by atoms with van der Waals surface area (Å²) in [7, 11) is 0. The number of halogens is 3. The number of thiazole rings is 1. The van der Waals surface area contributed by atoms with Crippen LogP contribution in [0, 0.1) is 24.4 Å². The van der Waals surface area contributed by atoms with Crippen molar-refractivity contribution in [2.75, 3.05) is 13.1 Å². The molecule has 9 heteroatoms. The highest BCUT2D eigenvalue weighted by atomic mass is 32.1. The van der Waals surface area contributed by atoms with E-state index in [1.165, 1.54) is 15.9 Å². The van der Waals surface area contributed by atoms with E-state index in [2.05, 4.69) is 10.1 Å². The molecule has 26 heavy (non-hydrogen) atoms. The van der Waals surface area contributed by atoms with Crippen molar-refractivity contribution in [2.45, 2.75) is 32.2 Å². The standard InChI is InChI=1S/C17H17F3N4OS/c1-9-21-17-24(22-9)16(25)15(26-17)14(23-5-3-2-4-6-23)10-7-11(18)13(20)12(19)8-10/h7-8,14,25H,2-6H2,1H3/t14-/m1/s1. The molecule has 1 aliphatic heterocycles. The first-order valence-corrected chi connectivity index (χ1v) is 9.21. The van der Waals surface area contributed by atoms with Crippen molar-refractivity contribution in [3.05, 3.63) is 45.8 Å². The number of aromatic nitrogens is 3. The van der Waals surface area contributed by atoms with Gasteiger partial charge in [0, 0.05) is 0 Å². The summed E-state index contributed by atoms with van der Waals surface area (Å²) in [5.41, 5.74) is 0.264. The van der Waals surface area contributed by atoms with Crippen LogP contribution in [0.3, 0.4) is 0 Å². The largest absolute Gasteiger partial charge is 0.492 e. The predicted molar refractivity (Wildman–Crippen MR) is 90.8 cm³/mol. The van der Waals surface area contributed by atoms with Gasteiger partial charge in [0.2, 0.25) is 10.8 Å². The van der Waals surface area contributed by atoms with Crippen LogP contribution in [0.25, 0.3) is 4.96 Å². The molecule has 0 aliphatic carbocycles. The zero-order chi connectivity index (χ0) is 18.4. The number of benzene rings is 1. The van der Waals surface area contributed by atoms with Crippen molar-refractivity contribution in [3.8, 4) is 5.88 Å². The minimum Gasteiger partial charge on any atom is -0.492 e. The number of aryl methyl sites for hydroxylation is 1. The van der Waals surface area contributed by atoms with Crippen LogP contribution in [0.4, 0.5) is 13.2 Å². The van der Waals surface area contributed by atoms with Crippen LogP contribution in [-0.4, -0.2) is 37.7 Å². The highest BCUT2D eigenvalue weighted by molar-refractivity contribution is 7.17. The van der Waals surface area contributed by atoms with Gasteiger partial charge in [-0.3, -0.25) is 4.90 Å². The minimum atomic E-state index is -1.49. The minimum absolute atomic E-state index is 0.105. The first-order valence-electron chi connectivity index (χ1n) is 8.39. The van der Waals surface area contributed by atoms with E-state index >= 15 is 0 Å². The summed E-state index contributed by atoms with van der Waals surface area (Å²) in [5.74, 6) is -3.56. The summed E-state index contributed by atoms with van der Waals surface area (Å²) in [6.45, 7) is 3.15. The van der Waals surface area contributed by atoms with Crippen molar-refractivity contribution in [3.63, 3.8) is 0 Å². The summed E-state index contributed by atoms with van der Waals surface area (Å²) in [5, 5.41) is 14.8. The van der Waals surface area contributed by atoms with Gasteiger partial charge in [-0.05, 0) is 50.6 Å². The molecule has 0 bridgehead atoms. The van der Waals surface area contributed by atoms with Crippen molar-refractivity contribution in [2.24, 2.45) is 0 Å². The molecular formula is C17H17F3N4OS. The average molecular weight is 382 g/mol. The van der Waals surface area contributed by atoms with Gasteiger partial charge in [-0.1, -0.05) is 17.8 Å². The van der Waals surface area contributed by atoms with Crippen molar-refractivity contribution in [1.82, 2.24) is 19.5 Å². The highest BCUT2D eigenvalue weighted by Crippen LogP contribution is 2.41. The summed E-state index contributed by atoms with van der Waals surface area (Å²) in [6.07, 6.45) is 2.97. The van der Waals surface area contributed by atoms with E-state index in [1.807, 2.05) is 4.90 Å². The van der Waals surface area contributed by atoms with Crippen LogP contribution < -0.4 is 0 Å². The molecule has 2 aromatic heterocycles. The Kier molecular flexibility index (Phi) is 4.36. The molecule has 138 valence electrons. The maximum atomic E-state index is 13.9. The van der Waals surface area contributed by atoms with Crippen molar-refractivity contribution >= 4 is 16.3 Å². The Morgan fingerprint density at radius 3 is 2.38 bits per heavy atom. The number of fused-ring (bicyclic) bond motifs is 1. The fourth-order valence-corrected chi connectivity index (χ4v) is 4.63. The zero-order valence-corrected chi connectivity index (χ0v) is 14.9. The second kappa shape index (κ2) is 6.55. The van der Waals surface area contributed by atoms with Crippen molar-refractivity contribution < 1.29 is 18.3 Å². The van der Waals surface area contributed by atoms with Crippen LogP contribution in [0.5, 0.6) is 5.88 Å². The first kappa shape index (κ1) is 17.3. The van der Waals surface area contributed by atoms with Gasteiger partial charge in [0.05, 0.1) is 10.9 Å². The lowest BCUT2D eigenvalue weighted by Crippen LogP contribution is -2.34. The fraction of sp³-hybridized carbons (Fsp3) is 0.412. The summed E-state index contributed by atoms with van der Waals surface area (Å²) >= 11 is 1.22. The third kappa shape index (κ3) is 2.84. The normalized spacial score (nSPS) is 17.1. The molecule has 3 aromatic rings. The predicted octanol–water partition coefficient (Wildman–Crippen LogP) is 3.80. The average Bonchev–Trinajstić information content (AvgIpc) is 3.12.